The Labute approximate surface area is 229 Å². The minimum Gasteiger partial charge on any atom is -0.479 e. The van der Waals surface area contributed by atoms with Crippen molar-refractivity contribution in [1.29, 1.82) is 0 Å². The number of carboxylic acids is 1. The Kier molecular flexibility index (Phi) is 8.28. The van der Waals surface area contributed by atoms with E-state index in [9.17, 15) is 24.3 Å². The lowest BCUT2D eigenvalue weighted by Crippen LogP contribution is -2.56. The van der Waals surface area contributed by atoms with E-state index < -0.39 is 35.2 Å². The van der Waals surface area contributed by atoms with E-state index in [-0.39, 0.29) is 11.8 Å². The van der Waals surface area contributed by atoms with Crippen LogP contribution in [0.15, 0.2) is 60.7 Å². The molecule has 2 heterocycles. The lowest BCUT2D eigenvalue weighted by atomic mass is 9.71. The van der Waals surface area contributed by atoms with Gasteiger partial charge in [-0.3, -0.25) is 14.5 Å². The van der Waals surface area contributed by atoms with Crippen molar-refractivity contribution in [3.8, 4) is 0 Å². The second kappa shape index (κ2) is 11.5. The molecule has 2 aromatic carbocycles. The first-order chi connectivity index (χ1) is 18.5. The number of amides is 3. The first-order valence-corrected chi connectivity index (χ1v) is 13.4. The van der Waals surface area contributed by atoms with E-state index in [0.717, 1.165) is 12.0 Å². The molecule has 208 valence electrons. The molecule has 2 aliphatic rings. The van der Waals surface area contributed by atoms with Gasteiger partial charge in [-0.1, -0.05) is 60.7 Å². The van der Waals surface area contributed by atoms with E-state index in [1.54, 1.807) is 56.0 Å². The Morgan fingerprint density at radius 2 is 1.54 bits per heavy atom. The van der Waals surface area contributed by atoms with Crippen molar-refractivity contribution >= 4 is 23.9 Å². The predicted molar refractivity (Wildman–Crippen MR) is 145 cm³/mol. The van der Waals surface area contributed by atoms with Gasteiger partial charge in [0.2, 0.25) is 11.8 Å². The summed E-state index contributed by atoms with van der Waals surface area (Å²) in [5.74, 6) is -1.67. The van der Waals surface area contributed by atoms with E-state index in [1.807, 2.05) is 30.3 Å². The molecule has 0 radical (unpaired) electrons. The van der Waals surface area contributed by atoms with Gasteiger partial charge in [0.05, 0.1) is 5.41 Å². The van der Waals surface area contributed by atoms with Gasteiger partial charge in [0.1, 0.15) is 11.6 Å². The molecule has 9 heteroatoms. The summed E-state index contributed by atoms with van der Waals surface area (Å²) in [6.45, 7) is 6.47. The van der Waals surface area contributed by atoms with Gasteiger partial charge in [-0.2, -0.15) is 0 Å². The van der Waals surface area contributed by atoms with E-state index in [0.29, 0.717) is 44.5 Å². The van der Waals surface area contributed by atoms with Crippen LogP contribution >= 0.6 is 0 Å². The summed E-state index contributed by atoms with van der Waals surface area (Å²) in [5.41, 5.74) is -0.393. The van der Waals surface area contributed by atoms with Gasteiger partial charge < -0.3 is 20.1 Å². The molecule has 2 atom stereocenters. The molecule has 9 nitrogen and oxygen atoms in total. The summed E-state index contributed by atoms with van der Waals surface area (Å²) in [7, 11) is 0. The van der Waals surface area contributed by atoms with Gasteiger partial charge in [0.15, 0.2) is 6.04 Å². The zero-order valence-electron chi connectivity index (χ0n) is 22.8. The zero-order valence-corrected chi connectivity index (χ0v) is 22.8. The molecular formula is C30H37N3O6. The highest BCUT2D eigenvalue weighted by Gasteiger charge is 2.47. The molecule has 39 heavy (non-hydrogen) atoms. The number of rotatable bonds is 6. The molecule has 2 saturated heterocycles. The molecule has 2 N–H and O–H groups in total. The number of carboxylic acid groups (broad SMARTS) is 1. The molecule has 0 unspecified atom stereocenters. The van der Waals surface area contributed by atoms with Crippen LogP contribution in [0.4, 0.5) is 4.79 Å². The Hall–Kier alpha value is -3.88. The van der Waals surface area contributed by atoms with E-state index in [4.69, 9.17) is 4.74 Å². The lowest BCUT2D eigenvalue weighted by molar-refractivity contribution is -0.144. The molecule has 3 amide bonds. The number of carbonyl (C=O) groups is 4. The third-order valence-corrected chi connectivity index (χ3v) is 7.51. The minimum atomic E-state index is -1.19. The Bertz CT molecular complexity index is 1190. The van der Waals surface area contributed by atoms with Crippen LogP contribution in [0.5, 0.6) is 0 Å². The van der Waals surface area contributed by atoms with Crippen LogP contribution < -0.4 is 5.32 Å². The molecule has 0 saturated carbocycles. The lowest BCUT2D eigenvalue weighted by Gasteiger charge is -2.42. The number of hydrogen-bond acceptors (Lipinski definition) is 5. The normalized spacial score (nSPS) is 19.7. The maximum atomic E-state index is 13.9. The molecular weight excluding hydrogens is 498 g/mol. The predicted octanol–water partition coefficient (Wildman–Crippen LogP) is 3.89. The van der Waals surface area contributed by atoms with Crippen LogP contribution in [0, 0.1) is 0 Å². The second-order valence-electron chi connectivity index (χ2n) is 11.3. The number of likely N-dealkylation sites (tertiary alicyclic amines) is 2. The number of carbonyl (C=O) groups excluding carboxylic acids is 3. The quantitative estimate of drug-likeness (QED) is 0.580. The standard InChI is InChI=1S/C30H37N3O6/c1-29(2,3)39-28(38)33-18-10-15-23(33)25(34)32-19-16-30(17-20-32,22-13-8-5-9-14-22)27(37)31-24(26(35)36)21-11-6-4-7-12-21/h4-9,11-14,23-24H,10,15-20H2,1-3H3,(H,31,37)(H,35,36)/t23-,24+/m0/s1. The van der Waals surface area contributed by atoms with Crippen LogP contribution in [0.1, 0.15) is 63.6 Å². The summed E-state index contributed by atoms with van der Waals surface area (Å²) >= 11 is 0. The topological polar surface area (TPSA) is 116 Å². The smallest absolute Gasteiger partial charge is 0.410 e. The highest BCUT2D eigenvalue weighted by Crippen LogP contribution is 2.37. The highest BCUT2D eigenvalue weighted by molar-refractivity contribution is 5.93. The number of nitrogens with one attached hydrogen (secondary N) is 1. The average molecular weight is 536 g/mol. The maximum Gasteiger partial charge on any atom is 0.410 e. The molecule has 2 aliphatic heterocycles. The Balaban J connectivity index is 1.52. The second-order valence-corrected chi connectivity index (χ2v) is 11.3. The number of nitrogens with zero attached hydrogens (tertiary/aromatic N) is 2. The summed E-state index contributed by atoms with van der Waals surface area (Å²) in [5, 5.41) is 12.7. The fourth-order valence-corrected chi connectivity index (χ4v) is 5.49. The first-order valence-electron chi connectivity index (χ1n) is 13.4. The molecule has 4 rings (SSSR count). The van der Waals surface area contributed by atoms with Crippen LogP contribution in [-0.2, 0) is 24.5 Å². The highest BCUT2D eigenvalue weighted by atomic mass is 16.6. The van der Waals surface area contributed by atoms with Crippen LogP contribution in [0.3, 0.4) is 0 Å². The van der Waals surface area contributed by atoms with Crippen molar-refractivity contribution in [3.05, 3.63) is 71.8 Å². The number of aliphatic carboxylic acids is 1. The fraction of sp³-hybridized carbons (Fsp3) is 0.467. The monoisotopic (exact) mass is 535 g/mol. The largest absolute Gasteiger partial charge is 0.479 e. The fourth-order valence-electron chi connectivity index (χ4n) is 5.49. The number of benzene rings is 2. The number of hydrogen-bond donors (Lipinski definition) is 2. The summed E-state index contributed by atoms with van der Waals surface area (Å²) < 4.78 is 5.52. The van der Waals surface area contributed by atoms with Gasteiger partial charge in [0.25, 0.3) is 0 Å². The third-order valence-electron chi connectivity index (χ3n) is 7.51. The van der Waals surface area contributed by atoms with Crippen molar-refractivity contribution in [2.45, 2.75) is 69.6 Å². The van der Waals surface area contributed by atoms with E-state index >= 15 is 0 Å². The maximum absolute atomic E-state index is 13.9. The van der Waals surface area contributed by atoms with Crippen molar-refractivity contribution < 1.29 is 29.0 Å². The molecule has 2 fully saturated rings. The van der Waals surface area contributed by atoms with Crippen molar-refractivity contribution in [2.24, 2.45) is 0 Å². The molecule has 0 spiro atoms. The van der Waals surface area contributed by atoms with Crippen LogP contribution in [0.2, 0.25) is 0 Å². The SMILES string of the molecule is CC(C)(C)OC(=O)N1CCC[C@H]1C(=O)N1CCC(C(=O)N[C@@H](C(=O)O)c2ccccc2)(c2ccccc2)CC1. The van der Waals surface area contributed by atoms with Crippen LogP contribution in [0.25, 0.3) is 0 Å². The van der Waals surface area contributed by atoms with E-state index in [1.165, 1.54) is 4.90 Å². The molecule has 0 aromatic heterocycles. The van der Waals surface area contributed by atoms with Crippen molar-refractivity contribution in [3.63, 3.8) is 0 Å². The average Bonchev–Trinajstić information content (AvgIpc) is 3.41. The van der Waals surface area contributed by atoms with Gasteiger partial charge in [-0.15, -0.1) is 0 Å². The van der Waals surface area contributed by atoms with Crippen molar-refractivity contribution in [1.82, 2.24) is 15.1 Å². The Morgan fingerprint density at radius 1 is 0.949 bits per heavy atom. The van der Waals surface area contributed by atoms with Gasteiger partial charge in [-0.05, 0) is 57.6 Å². The number of ether oxygens (including phenoxy) is 1. The third kappa shape index (κ3) is 6.24. The summed E-state index contributed by atoms with van der Waals surface area (Å²) in [4.78, 5) is 55.5. The van der Waals surface area contributed by atoms with Crippen LogP contribution in [-0.4, -0.2) is 70.1 Å². The molecule has 0 bridgehead atoms. The molecule has 2 aromatic rings. The first kappa shape index (κ1) is 28.1. The summed E-state index contributed by atoms with van der Waals surface area (Å²) in [6.07, 6.45) is 1.45. The van der Waals surface area contributed by atoms with Gasteiger partial charge in [-0.25, -0.2) is 9.59 Å². The van der Waals surface area contributed by atoms with Crippen molar-refractivity contribution in [2.75, 3.05) is 19.6 Å². The molecule has 0 aliphatic carbocycles. The van der Waals surface area contributed by atoms with Gasteiger partial charge in [0, 0.05) is 19.6 Å². The van der Waals surface area contributed by atoms with E-state index in [2.05, 4.69) is 5.32 Å². The zero-order chi connectivity index (χ0) is 28.2. The minimum absolute atomic E-state index is 0.145. The number of piperidine rings is 1. The summed E-state index contributed by atoms with van der Waals surface area (Å²) in [6, 6.07) is 16.1. The Morgan fingerprint density at radius 3 is 2.10 bits per heavy atom. The van der Waals surface area contributed by atoms with Gasteiger partial charge >= 0.3 is 12.1 Å².